The quantitative estimate of drug-likeness (QED) is 0.681. The van der Waals surface area contributed by atoms with E-state index < -0.39 is 0 Å². The van der Waals surface area contributed by atoms with Gasteiger partial charge >= 0.3 is 0 Å². The Morgan fingerprint density at radius 3 is 2.61 bits per heavy atom. The molecule has 0 saturated heterocycles. The summed E-state index contributed by atoms with van der Waals surface area (Å²) in [7, 11) is 1.56. The van der Waals surface area contributed by atoms with Crippen LogP contribution in [0.2, 0.25) is 0 Å². The maximum absolute atomic E-state index is 12.8. The number of benzene rings is 2. The van der Waals surface area contributed by atoms with Crippen molar-refractivity contribution in [2.24, 2.45) is 0 Å². The third-order valence-electron chi connectivity index (χ3n) is 4.15. The average Bonchev–Trinajstić information content (AvgIpc) is 3.26. The Morgan fingerprint density at radius 2 is 1.96 bits per heavy atom. The minimum atomic E-state index is -0.275. The van der Waals surface area contributed by atoms with Crippen LogP contribution < -0.4 is 10.1 Å². The van der Waals surface area contributed by atoms with E-state index in [2.05, 4.69) is 15.4 Å². The molecule has 0 spiro atoms. The van der Waals surface area contributed by atoms with Crippen molar-refractivity contribution in [1.82, 2.24) is 19.7 Å². The molecule has 0 aliphatic rings. The van der Waals surface area contributed by atoms with Gasteiger partial charge < -0.3 is 15.0 Å². The predicted octanol–water partition coefficient (Wildman–Crippen LogP) is 2.38. The number of carbonyl (C=O) groups is 2. The molecule has 3 aromatic rings. The summed E-state index contributed by atoms with van der Waals surface area (Å²) >= 11 is 0. The zero-order valence-electron chi connectivity index (χ0n) is 15.7. The number of anilines is 1. The number of ether oxygens (including phenoxy) is 1. The minimum absolute atomic E-state index is 0.0443. The Morgan fingerprint density at radius 1 is 1.18 bits per heavy atom. The first-order chi connectivity index (χ1) is 13.6. The van der Waals surface area contributed by atoms with Crippen molar-refractivity contribution in [1.29, 1.82) is 0 Å². The van der Waals surface area contributed by atoms with Crippen LogP contribution in [-0.2, 0) is 4.79 Å². The van der Waals surface area contributed by atoms with Crippen LogP contribution in [0.25, 0.3) is 5.69 Å². The summed E-state index contributed by atoms with van der Waals surface area (Å²) in [5.41, 5.74) is 1.91. The average molecular weight is 379 g/mol. The molecule has 0 bridgehead atoms. The van der Waals surface area contributed by atoms with Crippen molar-refractivity contribution in [3.05, 3.63) is 66.7 Å². The first-order valence-electron chi connectivity index (χ1n) is 8.79. The molecule has 3 rings (SSSR count). The van der Waals surface area contributed by atoms with Gasteiger partial charge in [0.05, 0.1) is 12.8 Å². The second-order valence-corrected chi connectivity index (χ2v) is 5.99. The molecule has 0 unspecified atom stereocenters. The number of aromatic nitrogens is 3. The van der Waals surface area contributed by atoms with E-state index in [0.717, 1.165) is 5.69 Å². The standard InChI is InChI=1S/C20H21N5O3/c1-3-24(12-19(26)23-16-5-4-6-18(11-16)28-2)20(27)15-7-9-17(10-8-15)25-14-21-13-22-25/h4-11,13-14H,3,12H2,1-2H3,(H,23,26). The molecule has 0 aliphatic carbocycles. The lowest BCUT2D eigenvalue weighted by Crippen LogP contribution is -2.37. The number of amides is 2. The molecule has 8 heteroatoms. The highest BCUT2D eigenvalue weighted by Crippen LogP contribution is 2.17. The van der Waals surface area contributed by atoms with Crippen LogP contribution in [0.15, 0.2) is 61.2 Å². The third kappa shape index (κ3) is 4.53. The van der Waals surface area contributed by atoms with E-state index in [0.29, 0.717) is 23.5 Å². The summed E-state index contributed by atoms with van der Waals surface area (Å²) in [6.07, 6.45) is 3.02. The van der Waals surface area contributed by atoms with E-state index in [1.165, 1.54) is 11.2 Å². The van der Waals surface area contributed by atoms with Gasteiger partial charge in [-0.15, -0.1) is 0 Å². The van der Waals surface area contributed by atoms with Crippen LogP contribution in [0.1, 0.15) is 17.3 Å². The smallest absolute Gasteiger partial charge is 0.254 e. The zero-order valence-corrected chi connectivity index (χ0v) is 15.7. The monoisotopic (exact) mass is 379 g/mol. The maximum atomic E-state index is 12.8. The summed E-state index contributed by atoms with van der Waals surface area (Å²) in [6, 6.07) is 14.1. The second kappa shape index (κ2) is 8.81. The normalized spacial score (nSPS) is 10.4. The summed E-state index contributed by atoms with van der Waals surface area (Å²) in [5.74, 6) is 0.157. The SMILES string of the molecule is CCN(CC(=O)Nc1cccc(OC)c1)C(=O)c1ccc(-n2cncn2)cc1. The van der Waals surface area contributed by atoms with E-state index >= 15 is 0 Å². The van der Waals surface area contributed by atoms with Gasteiger partial charge in [-0.25, -0.2) is 9.67 Å². The van der Waals surface area contributed by atoms with Gasteiger partial charge in [0, 0.05) is 23.9 Å². The largest absolute Gasteiger partial charge is 0.497 e. The molecule has 0 saturated carbocycles. The second-order valence-electron chi connectivity index (χ2n) is 5.99. The van der Waals surface area contributed by atoms with Crippen LogP contribution in [0.4, 0.5) is 5.69 Å². The third-order valence-corrected chi connectivity index (χ3v) is 4.15. The van der Waals surface area contributed by atoms with Gasteiger partial charge in [0.2, 0.25) is 5.91 Å². The Balaban J connectivity index is 1.65. The molecule has 1 aromatic heterocycles. The van der Waals surface area contributed by atoms with E-state index in [1.54, 1.807) is 66.6 Å². The van der Waals surface area contributed by atoms with Gasteiger partial charge in [-0.3, -0.25) is 9.59 Å². The molecule has 0 aliphatic heterocycles. The van der Waals surface area contributed by atoms with Crippen molar-refractivity contribution in [2.75, 3.05) is 25.5 Å². The van der Waals surface area contributed by atoms with E-state index in [-0.39, 0.29) is 18.4 Å². The Labute approximate surface area is 162 Å². The summed E-state index contributed by atoms with van der Waals surface area (Å²) < 4.78 is 6.75. The zero-order chi connectivity index (χ0) is 19.9. The van der Waals surface area contributed by atoms with Gasteiger partial charge in [0.25, 0.3) is 5.91 Å². The van der Waals surface area contributed by atoms with Gasteiger partial charge in [-0.1, -0.05) is 6.07 Å². The van der Waals surface area contributed by atoms with Crippen LogP contribution in [0, 0.1) is 0 Å². The molecule has 28 heavy (non-hydrogen) atoms. The Hall–Kier alpha value is -3.68. The number of likely N-dealkylation sites (N-methyl/N-ethyl adjacent to an activating group) is 1. The summed E-state index contributed by atoms with van der Waals surface area (Å²) in [4.78, 5) is 30.5. The van der Waals surface area contributed by atoms with Gasteiger partial charge in [0.15, 0.2) is 0 Å². The molecule has 2 amide bonds. The fourth-order valence-electron chi connectivity index (χ4n) is 2.68. The molecular weight excluding hydrogens is 358 g/mol. The van der Waals surface area contributed by atoms with Crippen molar-refractivity contribution in [3.63, 3.8) is 0 Å². The maximum Gasteiger partial charge on any atom is 0.254 e. The lowest BCUT2D eigenvalue weighted by atomic mass is 10.1. The number of hydrogen-bond acceptors (Lipinski definition) is 5. The summed E-state index contributed by atoms with van der Waals surface area (Å²) in [5, 5.41) is 6.84. The number of methoxy groups -OCH3 is 1. The summed E-state index contributed by atoms with van der Waals surface area (Å²) in [6.45, 7) is 2.20. The predicted molar refractivity (Wildman–Crippen MR) is 105 cm³/mol. The van der Waals surface area contributed by atoms with E-state index in [1.807, 2.05) is 6.92 Å². The van der Waals surface area contributed by atoms with Crippen molar-refractivity contribution >= 4 is 17.5 Å². The van der Waals surface area contributed by atoms with Crippen molar-refractivity contribution in [2.45, 2.75) is 6.92 Å². The van der Waals surface area contributed by atoms with Crippen molar-refractivity contribution < 1.29 is 14.3 Å². The minimum Gasteiger partial charge on any atom is -0.497 e. The highest BCUT2D eigenvalue weighted by Gasteiger charge is 2.17. The Kier molecular flexibility index (Phi) is 6.01. The number of nitrogens with zero attached hydrogens (tertiary/aromatic N) is 4. The molecule has 8 nitrogen and oxygen atoms in total. The van der Waals surface area contributed by atoms with Gasteiger partial charge in [-0.2, -0.15) is 5.10 Å². The number of rotatable bonds is 7. The lowest BCUT2D eigenvalue weighted by Gasteiger charge is -2.20. The first kappa shape index (κ1) is 19.1. The van der Waals surface area contributed by atoms with Crippen molar-refractivity contribution in [3.8, 4) is 11.4 Å². The van der Waals surface area contributed by atoms with Gasteiger partial charge in [-0.05, 0) is 43.3 Å². The molecule has 2 aromatic carbocycles. The van der Waals surface area contributed by atoms with Gasteiger partial charge in [0.1, 0.15) is 24.9 Å². The fraction of sp³-hybridized carbons (Fsp3) is 0.200. The molecule has 0 fully saturated rings. The Bertz CT molecular complexity index is 939. The molecule has 144 valence electrons. The molecule has 0 radical (unpaired) electrons. The van der Waals surface area contributed by atoms with Crippen LogP contribution in [0.3, 0.4) is 0 Å². The molecular formula is C20H21N5O3. The highest BCUT2D eigenvalue weighted by atomic mass is 16.5. The van der Waals surface area contributed by atoms with E-state index in [4.69, 9.17) is 4.74 Å². The lowest BCUT2D eigenvalue weighted by molar-refractivity contribution is -0.116. The van der Waals surface area contributed by atoms with Crippen LogP contribution in [0.5, 0.6) is 5.75 Å². The topological polar surface area (TPSA) is 89.4 Å². The fourth-order valence-corrected chi connectivity index (χ4v) is 2.68. The molecule has 0 atom stereocenters. The van der Waals surface area contributed by atoms with Crippen LogP contribution >= 0.6 is 0 Å². The number of carbonyl (C=O) groups excluding carboxylic acids is 2. The number of nitrogens with one attached hydrogen (secondary N) is 1. The van der Waals surface area contributed by atoms with E-state index in [9.17, 15) is 9.59 Å². The first-order valence-corrected chi connectivity index (χ1v) is 8.79. The highest BCUT2D eigenvalue weighted by molar-refractivity contribution is 5.99. The molecule has 1 N–H and O–H groups in total. The number of hydrogen-bond donors (Lipinski definition) is 1. The van der Waals surface area contributed by atoms with Crippen LogP contribution in [-0.4, -0.2) is 51.7 Å². The molecule has 1 heterocycles.